The van der Waals surface area contributed by atoms with Crippen LogP contribution in [0.1, 0.15) is 26.7 Å². The number of carbonyl (C=O) groups is 1. The van der Waals surface area contributed by atoms with Gasteiger partial charge in [0.05, 0.1) is 24.5 Å². The molecular weight excluding hydrogens is 254 g/mol. The van der Waals surface area contributed by atoms with E-state index in [1.54, 1.807) is 12.1 Å². The minimum Gasteiger partial charge on any atom is -0.397 e. The van der Waals surface area contributed by atoms with Crippen molar-refractivity contribution in [1.29, 1.82) is 0 Å². The molecule has 0 radical (unpaired) electrons. The van der Waals surface area contributed by atoms with Gasteiger partial charge in [0, 0.05) is 12.6 Å². The van der Waals surface area contributed by atoms with Crippen LogP contribution >= 0.6 is 0 Å². The van der Waals surface area contributed by atoms with E-state index in [4.69, 9.17) is 10.8 Å². The molecule has 5 heteroatoms. The van der Waals surface area contributed by atoms with Gasteiger partial charge >= 0.3 is 0 Å². The summed E-state index contributed by atoms with van der Waals surface area (Å²) in [4.78, 5) is 14.1. The number of anilines is 2. The van der Waals surface area contributed by atoms with E-state index in [2.05, 4.69) is 19.2 Å². The molecule has 20 heavy (non-hydrogen) atoms. The number of para-hydroxylation sites is 2. The number of hydrogen-bond acceptors (Lipinski definition) is 4. The standard InChI is InChI=1S/C15H25N3O2/c1-3-12(4-2)18(9-10-19)11-15(20)17-14-8-6-5-7-13(14)16/h5-8,12,19H,3-4,9-11,16H2,1-2H3,(H,17,20). The summed E-state index contributed by atoms with van der Waals surface area (Å²) < 4.78 is 0. The van der Waals surface area contributed by atoms with Crippen molar-refractivity contribution in [1.82, 2.24) is 4.90 Å². The third kappa shape index (κ3) is 4.83. The summed E-state index contributed by atoms with van der Waals surface area (Å²) >= 11 is 0. The molecule has 0 fully saturated rings. The highest BCUT2D eigenvalue weighted by Crippen LogP contribution is 2.17. The second-order valence-electron chi connectivity index (χ2n) is 4.80. The van der Waals surface area contributed by atoms with Gasteiger partial charge in [-0.3, -0.25) is 9.69 Å². The minimum atomic E-state index is -0.108. The van der Waals surface area contributed by atoms with Crippen LogP contribution in [0.15, 0.2) is 24.3 Å². The molecule has 0 bridgehead atoms. The van der Waals surface area contributed by atoms with Crippen molar-refractivity contribution >= 4 is 17.3 Å². The normalized spacial score (nSPS) is 11.1. The molecular formula is C15H25N3O2. The number of nitrogens with one attached hydrogen (secondary N) is 1. The topological polar surface area (TPSA) is 78.6 Å². The largest absolute Gasteiger partial charge is 0.397 e. The number of aliphatic hydroxyl groups is 1. The number of carbonyl (C=O) groups excluding carboxylic acids is 1. The number of benzene rings is 1. The van der Waals surface area contributed by atoms with Gasteiger partial charge in [0.2, 0.25) is 5.91 Å². The van der Waals surface area contributed by atoms with Crippen LogP contribution in [-0.4, -0.2) is 41.7 Å². The van der Waals surface area contributed by atoms with Crippen LogP contribution in [0.2, 0.25) is 0 Å². The van der Waals surface area contributed by atoms with Crippen molar-refractivity contribution in [2.45, 2.75) is 32.7 Å². The molecule has 1 aromatic carbocycles. The maximum atomic E-state index is 12.1. The van der Waals surface area contributed by atoms with Crippen LogP contribution in [0.4, 0.5) is 11.4 Å². The Balaban J connectivity index is 2.64. The molecule has 1 amide bonds. The van der Waals surface area contributed by atoms with E-state index in [1.165, 1.54) is 0 Å². The van der Waals surface area contributed by atoms with Gasteiger partial charge in [0.15, 0.2) is 0 Å². The summed E-state index contributed by atoms with van der Waals surface area (Å²) in [5.41, 5.74) is 6.99. The van der Waals surface area contributed by atoms with Gasteiger partial charge in [-0.1, -0.05) is 26.0 Å². The molecule has 0 aromatic heterocycles. The Morgan fingerprint density at radius 3 is 2.55 bits per heavy atom. The lowest BCUT2D eigenvalue weighted by molar-refractivity contribution is -0.118. The molecule has 0 aliphatic carbocycles. The lowest BCUT2D eigenvalue weighted by Gasteiger charge is -2.29. The Morgan fingerprint density at radius 1 is 1.35 bits per heavy atom. The summed E-state index contributed by atoms with van der Waals surface area (Å²) in [7, 11) is 0. The van der Waals surface area contributed by atoms with Crippen molar-refractivity contribution in [3.05, 3.63) is 24.3 Å². The first-order chi connectivity index (χ1) is 9.62. The third-order valence-corrected chi connectivity index (χ3v) is 3.43. The Bertz CT molecular complexity index is 419. The fourth-order valence-electron chi connectivity index (χ4n) is 2.31. The number of aliphatic hydroxyl groups excluding tert-OH is 1. The number of rotatable bonds is 8. The first-order valence-electron chi connectivity index (χ1n) is 7.11. The van der Waals surface area contributed by atoms with Crippen LogP contribution in [-0.2, 0) is 4.79 Å². The summed E-state index contributed by atoms with van der Waals surface area (Å²) in [6, 6.07) is 7.50. The summed E-state index contributed by atoms with van der Waals surface area (Å²) in [5, 5.41) is 11.9. The predicted octanol–water partition coefficient (Wildman–Crippen LogP) is 1.69. The SMILES string of the molecule is CCC(CC)N(CCO)CC(=O)Nc1ccccc1N. The van der Waals surface area contributed by atoms with Gasteiger partial charge in [0.25, 0.3) is 0 Å². The van der Waals surface area contributed by atoms with E-state index in [0.29, 0.717) is 24.0 Å². The monoisotopic (exact) mass is 279 g/mol. The molecule has 1 aromatic rings. The zero-order valence-electron chi connectivity index (χ0n) is 12.3. The molecule has 0 heterocycles. The first kappa shape index (κ1) is 16.5. The fourth-order valence-corrected chi connectivity index (χ4v) is 2.31. The quantitative estimate of drug-likeness (QED) is 0.633. The van der Waals surface area contributed by atoms with Crippen molar-refractivity contribution in [3.63, 3.8) is 0 Å². The molecule has 0 aliphatic rings. The van der Waals surface area contributed by atoms with Gasteiger partial charge < -0.3 is 16.2 Å². The van der Waals surface area contributed by atoms with Crippen LogP contribution in [0, 0.1) is 0 Å². The zero-order valence-corrected chi connectivity index (χ0v) is 12.3. The van der Waals surface area contributed by atoms with Gasteiger partial charge in [0.1, 0.15) is 0 Å². The third-order valence-electron chi connectivity index (χ3n) is 3.43. The smallest absolute Gasteiger partial charge is 0.238 e. The van der Waals surface area contributed by atoms with E-state index < -0.39 is 0 Å². The van der Waals surface area contributed by atoms with E-state index in [0.717, 1.165) is 12.8 Å². The van der Waals surface area contributed by atoms with Crippen molar-refractivity contribution < 1.29 is 9.90 Å². The molecule has 4 N–H and O–H groups in total. The van der Waals surface area contributed by atoms with E-state index >= 15 is 0 Å². The molecule has 0 unspecified atom stereocenters. The average Bonchev–Trinajstić information content (AvgIpc) is 2.43. The van der Waals surface area contributed by atoms with Crippen molar-refractivity contribution in [3.8, 4) is 0 Å². The Hall–Kier alpha value is -1.59. The highest BCUT2D eigenvalue weighted by molar-refractivity contribution is 5.95. The molecule has 0 saturated heterocycles. The molecule has 1 rings (SSSR count). The van der Waals surface area contributed by atoms with Crippen molar-refractivity contribution in [2.75, 3.05) is 30.7 Å². The Labute approximate surface area is 120 Å². The van der Waals surface area contributed by atoms with E-state index in [9.17, 15) is 4.79 Å². The minimum absolute atomic E-state index is 0.0528. The summed E-state index contributed by atoms with van der Waals surface area (Å²) in [6.45, 7) is 5.00. The predicted molar refractivity (Wildman–Crippen MR) is 82.5 cm³/mol. The number of amides is 1. The van der Waals surface area contributed by atoms with E-state index in [1.807, 2.05) is 17.0 Å². The van der Waals surface area contributed by atoms with Crippen LogP contribution in [0.3, 0.4) is 0 Å². The highest BCUT2D eigenvalue weighted by atomic mass is 16.3. The zero-order chi connectivity index (χ0) is 15.0. The molecule has 0 saturated carbocycles. The number of nitrogen functional groups attached to an aromatic ring is 1. The molecule has 5 nitrogen and oxygen atoms in total. The van der Waals surface area contributed by atoms with Gasteiger partial charge in [-0.2, -0.15) is 0 Å². The van der Waals surface area contributed by atoms with Crippen LogP contribution in [0.25, 0.3) is 0 Å². The van der Waals surface area contributed by atoms with Gasteiger partial charge in [-0.05, 0) is 25.0 Å². The number of hydrogen-bond donors (Lipinski definition) is 3. The first-order valence-corrected chi connectivity index (χ1v) is 7.11. The fraction of sp³-hybridized carbons (Fsp3) is 0.533. The number of nitrogens with two attached hydrogens (primary N) is 1. The maximum Gasteiger partial charge on any atom is 0.238 e. The summed E-state index contributed by atoms with van der Waals surface area (Å²) in [6.07, 6.45) is 1.91. The second kappa shape index (κ2) is 8.55. The second-order valence-corrected chi connectivity index (χ2v) is 4.80. The Morgan fingerprint density at radius 2 is 2.00 bits per heavy atom. The lowest BCUT2D eigenvalue weighted by atomic mass is 10.1. The molecule has 0 atom stereocenters. The average molecular weight is 279 g/mol. The molecule has 0 aliphatic heterocycles. The maximum absolute atomic E-state index is 12.1. The highest BCUT2D eigenvalue weighted by Gasteiger charge is 2.18. The van der Waals surface area contributed by atoms with E-state index in [-0.39, 0.29) is 19.1 Å². The Kier molecular flexibility index (Phi) is 7.04. The lowest BCUT2D eigenvalue weighted by Crippen LogP contribution is -2.42. The number of nitrogens with zero attached hydrogens (tertiary/aromatic N) is 1. The summed E-state index contributed by atoms with van der Waals surface area (Å²) in [5.74, 6) is -0.108. The molecule has 112 valence electrons. The van der Waals surface area contributed by atoms with Crippen LogP contribution in [0.5, 0.6) is 0 Å². The van der Waals surface area contributed by atoms with Gasteiger partial charge in [-0.15, -0.1) is 0 Å². The van der Waals surface area contributed by atoms with Crippen LogP contribution < -0.4 is 11.1 Å². The van der Waals surface area contributed by atoms with Crippen molar-refractivity contribution in [2.24, 2.45) is 0 Å². The molecule has 0 spiro atoms. The van der Waals surface area contributed by atoms with Gasteiger partial charge in [-0.25, -0.2) is 0 Å².